The van der Waals surface area contributed by atoms with Gasteiger partial charge in [0.05, 0.1) is 19.3 Å². The summed E-state index contributed by atoms with van der Waals surface area (Å²) in [5.41, 5.74) is 0.698. The number of hydrogen-bond acceptors (Lipinski definition) is 4. The number of para-hydroxylation sites is 1. The predicted octanol–water partition coefficient (Wildman–Crippen LogP) is 3.32. The van der Waals surface area contributed by atoms with Crippen molar-refractivity contribution >= 4 is 17.0 Å². The number of furan rings is 1. The van der Waals surface area contributed by atoms with E-state index in [1.807, 2.05) is 31.2 Å². The molecule has 2 atom stereocenters. The lowest BCUT2D eigenvalue weighted by Gasteiger charge is -2.23. The van der Waals surface area contributed by atoms with Gasteiger partial charge >= 0.3 is 6.03 Å². The molecule has 6 nitrogen and oxygen atoms in total. The van der Waals surface area contributed by atoms with Gasteiger partial charge in [-0.2, -0.15) is 0 Å². The Balaban J connectivity index is 1.65. The zero-order chi connectivity index (χ0) is 17.1. The number of urea groups is 1. The minimum atomic E-state index is -0.235. The van der Waals surface area contributed by atoms with Crippen molar-refractivity contribution in [2.75, 3.05) is 27.3 Å². The van der Waals surface area contributed by atoms with Gasteiger partial charge < -0.3 is 24.1 Å². The topological polar surface area (TPSA) is 63.9 Å². The van der Waals surface area contributed by atoms with Crippen molar-refractivity contribution in [3.63, 3.8) is 0 Å². The first-order valence-corrected chi connectivity index (χ1v) is 8.28. The third kappa shape index (κ3) is 3.48. The summed E-state index contributed by atoms with van der Waals surface area (Å²) in [5.74, 6) is 1.39. The molecule has 130 valence electrons. The van der Waals surface area contributed by atoms with Crippen molar-refractivity contribution in [1.82, 2.24) is 10.2 Å². The van der Waals surface area contributed by atoms with E-state index < -0.39 is 0 Å². The van der Waals surface area contributed by atoms with Crippen LogP contribution in [0.15, 0.2) is 28.7 Å². The van der Waals surface area contributed by atoms with Gasteiger partial charge in [0.25, 0.3) is 0 Å². The highest BCUT2D eigenvalue weighted by molar-refractivity contribution is 5.84. The Morgan fingerprint density at radius 1 is 1.50 bits per heavy atom. The molecular formula is C18H24N2O4. The lowest BCUT2D eigenvalue weighted by atomic mass is 10.2. The summed E-state index contributed by atoms with van der Waals surface area (Å²) in [7, 11) is 3.40. The molecule has 2 unspecified atom stereocenters. The number of nitrogens with one attached hydrogen (secondary N) is 1. The maximum absolute atomic E-state index is 12.3. The Morgan fingerprint density at radius 2 is 2.33 bits per heavy atom. The molecule has 3 rings (SSSR count). The maximum Gasteiger partial charge on any atom is 0.317 e. The molecule has 1 saturated heterocycles. The second kappa shape index (κ2) is 7.13. The molecule has 0 radical (unpaired) electrons. The molecule has 1 aromatic carbocycles. The Bertz CT molecular complexity index is 706. The van der Waals surface area contributed by atoms with Crippen molar-refractivity contribution < 1.29 is 18.7 Å². The summed E-state index contributed by atoms with van der Waals surface area (Å²) in [4.78, 5) is 14.0. The molecule has 1 aromatic heterocycles. The van der Waals surface area contributed by atoms with E-state index in [1.165, 1.54) is 0 Å². The van der Waals surface area contributed by atoms with Crippen LogP contribution in [0.5, 0.6) is 5.75 Å². The van der Waals surface area contributed by atoms with Gasteiger partial charge in [0.2, 0.25) is 0 Å². The van der Waals surface area contributed by atoms with Gasteiger partial charge in [0, 0.05) is 25.6 Å². The monoisotopic (exact) mass is 332 g/mol. The van der Waals surface area contributed by atoms with E-state index in [0.717, 1.165) is 24.8 Å². The maximum atomic E-state index is 12.3. The zero-order valence-corrected chi connectivity index (χ0v) is 14.4. The van der Waals surface area contributed by atoms with Crippen LogP contribution in [0.1, 0.15) is 31.6 Å². The van der Waals surface area contributed by atoms with Crippen LogP contribution in [0.2, 0.25) is 0 Å². The van der Waals surface area contributed by atoms with Gasteiger partial charge in [-0.05, 0) is 31.9 Å². The van der Waals surface area contributed by atoms with Crippen LogP contribution in [0.25, 0.3) is 11.0 Å². The highest BCUT2D eigenvalue weighted by atomic mass is 16.5. The number of likely N-dealkylation sites (N-methyl/N-ethyl adjacent to an activating group) is 1. The third-order valence-electron chi connectivity index (χ3n) is 4.36. The average Bonchev–Trinajstić information content (AvgIpc) is 3.23. The van der Waals surface area contributed by atoms with E-state index in [-0.39, 0.29) is 18.2 Å². The molecule has 2 amide bonds. The summed E-state index contributed by atoms with van der Waals surface area (Å²) in [6.45, 7) is 3.30. The van der Waals surface area contributed by atoms with Gasteiger partial charge in [-0.25, -0.2) is 4.79 Å². The standard InChI is InChI=1S/C18H24N2O4/c1-12(19-18(21)20(2)11-14-7-5-9-23-14)16-10-13-6-4-8-15(22-3)17(13)24-16/h4,6,8,10,12,14H,5,7,9,11H2,1-3H3,(H,19,21). The predicted molar refractivity (Wildman–Crippen MR) is 91.3 cm³/mol. The van der Waals surface area contributed by atoms with Crippen molar-refractivity contribution in [3.8, 4) is 5.75 Å². The molecule has 1 aliphatic rings. The smallest absolute Gasteiger partial charge is 0.317 e. The first-order valence-electron chi connectivity index (χ1n) is 8.28. The molecule has 0 bridgehead atoms. The summed E-state index contributed by atoms with van der Waals surface area (Å²) < 4.78 is 16.8. The van der Waals surface area contributed by atoms with E-state index in [4.69, 9.17) is 13.9 Å². The van der Waals surface area contributed by atoms with Crippen molar-refractivity contribution in [3.05, 3.63) is 30.0 Å². The molecule has 2 aromatic rings. The molecule has 1 fully saturated rings. The van der Waals surface area contributed by atoms with Crippen LogP contribution in [-0.2, 0) is 4.74 Å². The molecule has 24 heavy (non-hydrogen) atoms. The van der Waals surface area contributed by atoms with Crippen LogP contribution >= 0.6 is 0 Å². The Labute approximate surface area is 141 Å². The Kier molecular flexibility index (Phi) is 4.94. The number of methoxy groups -OCH3 is 1. The molecule has 0 saturated carbocycles. The van der Waals surface area contributed by atoms with E-state index in [2.05, 4.69) is 5.32 Å². The van der Waals surface area contributed by atoms with Crippen molar-refractivity contribution in [1.29, 1.82) is 0 Å². The number of amides is 2. The highest BCUT2D eigenvalue weighted by Crippen LogP contribution is 2.30. The number of nitrogens with zero attached hydrogens (tertiary/aromatic N) is 1. The van der Waals surface area contributed by atoms with E-state index >= 15 is 0 Å². The van der Waals surface area contributed by atoms with Crippen molar-refractivity contribution in [2.24, 2.45) is 0 Å². The first kappa shape index (κ1) is 16.6. The number of fused-ring (bicyclic) bond motifs is 1. The Hall–Kier alpha value is -2.21. The molecule has 0 aliphatic carbocycles. The fraction of sp³-hybridized carbons (Fsp3) is 0.500. The molecule has 2 heterocycles. The Morgan fingerprint density at radius 3 is 3.04 bits per heavy atom. The van der Waals surface area contributed by atoms with Crippen molar-refractivity contribution in [2.45, 2.75) is 31.9 Å². The minimum absolute atomic E-state index is 0.134. The molecule has 1 aliphatic heterocycles. The second-order valence-corrected chi connectivity index (χ2v) is 6.21. The quantitative estimate of drug-likeness (QED) is 0.912. The van der Waals surface area contributed by atoms with Gasteiger partial charge in [0.15, 0.2) is 11.3 Å². The summed E-state index contributed by atoms with van der Waals surface area (Å²) in [6.07, 6.45) is 2.22. The lowest BCUT2D eigenvalue weighted by Crippen LogP contribution is -2.42. The number of rotatable bonds is 5. The molecule has 1 N–H and O–H groups in total. The summed E-state index contributed by atoms with van der Waals surface area (Å²) in [6, 6.07) is 7.30. The van der Waals surface area contributed by atoms with E-state index in [9.17, 15) is 4.79 Å². The van der Waals surface area contributed by atoms with Crippen LogP contribution in [-0.4, -0.2) is 44.3 Å². The number of carbonyl (C=O) groups is 1. The second-order valence-electron chi connectivity index (χ2n) is 6.21. The molecular weight excluding hydrogens is 308 g/mol. The van der Waals surface area contributed by atoms with Crippen LogP contribution in [0, 0.1) is 0 Å². The van der Waals surface area contributed by atoms with Crippen LogP contribution < -0.4 is 10.1 Å². The SMILES string of the molecule is COc1cccc2cc(C(C)NC(=O)N(C)CC3CCCO3)oc12. The van der Waals surface area contributed by atoms with Crippen LogP contribution in [0.3, 0.4) is 0 Å². The summed E-state index contributed by atoms with van der Waals surface area (Å²) in [5, 5.41) is 3.92. The van der Waals surface area contributed by atoms with Crippen LogP contribution in [0.4, 0.5) is 4.79 Å². The fourth-order valence-corrected chi connectivity index (χ4v) is 2.97. The van der Waals surface area contributed by atoms with Gasteiger partial charge in [-0.3, -0.25) is 0 Å². The highest BCUT2D eigenvalue weighted by Gasteiger charge is 2.22. The number of benzene rings is 1. The minimum Gasteiger partial charge on any atom is -0.493 e. The molecule has 0 spiro atoms. The lowest BCUT2D eigenvalue weighted by molar-refractivity contribution is 0.0869. The number of ether oxygens (including phenoxy) is 2. The largest absolute Gasteiger partial charge is 0.493 e. The molecule has 6 heteroatoms. The van der Waals surface area contributed by atoms with E-state index in [0.29, 0.717) is 23.6 Å². The first-order chi connectivity index (χ1) is 11.6. The third-order valence-corrected chi connectivity index (χ3v) is 4.36. The van der Waals surface area contributed by atoms with Gasteiger partial charge in [-0.15, -0.1) is 0 Å². The van der Waals surface area contributed by atoms with Gasteiger partial charge in [0.1, 0.15) is 5.76 Å². The normalized spacial score (nSPS) is 18.5. The zero-order valence-electron chi connectivity index (χ0n) is 14.4. The van der Waals surface area contributed by atoms with E-state index in [1.54, 1.807) is 19.1 Å². The fourth-order valence-electron chi connectivity index (χ4n) is 2.97. The number of carbonyl (C=O) groups excluding carboxylic acids is 1. The number of hydrogen-bond donors (Lipinski definition) is 1. The van der Waals surface area contributed by atoms with Gasteiger partial charge in [-0.1, -0.05) is 12.1 Å². The summed E-state index contributed by atoms with van der Waals surface area (Å²) >= 11 is 0. The average molecular weight is 332 g/mol.